The van der Waals surface area contributed by atoms with Gasteiger partial charge in [0, 0.05) is 76.4 Å². The number of nitrogens with zero attached hydrogens (tertiary/aromatic N) is 4. The molecule has 0 saturated carbocycles. The lowest BCUT2D eigenvalue weighted by Crippen LogP contribution is -2.36. The number of ether oxygens (including phenoxy) is 2. The third-order valence-corrected chi connectivity index (χ3v) is 8.34. The van der Waals surface area contributed by atoms with Crippen LogP contribution in [0.5, 0.6) is 0 Å². The highest BCUT2D eigenvalue weighted by Gasteiger charge is 2.25. The molecule has 0 radical (unpaired) electrons. The summed E-state index contributed by atoms with van der Waals surface area (Å²) in [6.07, 6.45) is 5.19. The maximum atomic E-state index is 14.3. The first-order valence-electron chi connectivity index (χ1n) is 15.1. The molecule has 0 unspecified atom stereocenters. The predicted octanol–water partition coefficient (Wildman–Crippen LogP) is 5.08. The van der Waals surface area contributed by atoms with E-state index in [1.54, 1.807) is 14.0 Å². The molecule has 0 N–H and O–H groups in total. The highest BCUT2D eigenvalue weighted by molar-refractivity contribution is 5.99. The Kier molecular flexibility index (Phi) is 10.1. The highest BCUT2D eigenvalue weighted by atomic mass is 16.5. The van der Waals surface area contributed by atoms with Gasteiger partial charge in [0.1, 0.15) is 5.69 Å². The van der Waals surface area contributed by atoms with E-state index in [4.69, 9.17) is 9.47 Å². The average Bonchev–Trinajstić information content (AvgIpc) is 3.35. The molecule has 1 fully saturated rings. The Morgan fingerprint density at radius 2 is 1.66 bits per heavy atom. The lowest BCUT2D eigenvalue weighted by Gasteiger charge is -2.31. The first-order valence-corrected chi connectivity index (χ1v) is 15.1. The number of carbonyl (C=O) groups is 2. The lowest BCUT2D eigenvalue weighted by atomic mass is 10.0. The van der Waals surface area contributed by atoms with Crippen LogP contribution in [0.25, 0.3) is 10.9 Å². The van der Waals surface area contributed by atoms with Gasteiger partial charge in [-0.25, -0.2) is 0 Å². The van der Waals surface area contributed by atoms with E-state index in [1.807, 2.05) is 28.0 Å². The smallest absolute Gasteiger partial charge is 0.270 e. The van der Waals surface area contributed by atoms with Crippen LogP contribution in [0.15, 0.2) is 48.5 Å². The number of aromatic nitrogens is 1. The molecule has 0 spiro atoms. The number of methoxy groups -OCH3 is 1. The summed E-state index contributed by atoms with van der Waals surface area (Å²) in [5.74, 6) is 0.0662. The average molecular weight is 561 g/mol. The molecule has 2 amide bonds. The minimum absolute atomic E-state index is 0.0204. The van der Waals surface area contributed by atoms with Crippen LogP contribution in [0.4, 0.5) is 5.69 Å². The van der Waals surface area contributed by atoms with Gasteiger partial charge in [0.25, 0.3) is 5.91 Å². The van der Waals surface area contributed by atoms with E-state index in [1.165, 1.54) is 5.56 Å². The number of hydrogen-bond acceptors (Lipinski definition) is 5. The van der Waals surface area contributed by atoms with Crippen LogP contribution in [0.2, 0.25) is 0 Å². The molecule has 2 aliphatic rings. The van der Waals surface area contributed by atoms with E-state index >= 15 is 0 Å². The van der Waals surface area contributed by atoms with E-state index in [2.05, 4.69) is 39.8 Å². The van der Waals surface area contributed by atoms with Crippen LogP contribution in [0, 0.1) is 0 Å². The molecule has 0 aliphatic carbocycles. The van der Waals surface area contributed by atoms with Crippen molar-refractivity contribution in [3.8, 4) is 0 Å². The molecule has 8 heteroatoms. The topological polar surface area (TPSA) is 67.2 Å². The second-order valence-electron chi connectivity index (χ2n) is 11.2. The molecule has 0 bridgehead atoms. The zero-order chi connectivity index (χ0) is 28.6. The number of amides is 2. The molecule has 3 aromatic rings. The van der Waals surface area contributed by atoms with E-state index in [0.29, 0.717) is 38.5 Å². The third-order valence-electron chi connectivity index (χ3n) is 8.34. The Morgan fingerprint density at radius 1 is 0.902 bits per heavy atom. The molecule has 3 heterocycles. The number of fused-ring (bicyclic) bond motifs is 2. The van der Waals surface area contributed by atoms with Crippen LogP contribution < -0.4 is 4.90 Å². The van der Waals surface area contributed by atoms with Gasteiger partial charge in [-0.1, -0.05) is 49.6 Å². The molecule has 5 rings (SSSR count). The summed E-state index contributed by atoms with van der Waals surface area (Å²) in [7, 11) is 1.69. The van der Waals surface area contributed by atoms with E-state index in [9.17, 15) is 9.59 Å². The summed E-state index contributed by atoms with van der Waals surface area (Å²) < 4.78 is 13.0. The van der Waals surface area contributed by atoms with E-state index < -0.39 is 0 Å². The van der Waals surface area contributed by atoms with Crippen molar-refractivity contribution < 1.29 is 19.1 Å². The summed E-state index contributed by atoms with van der Waals surface area (Å²) >= 11 is 0. The largest absolute Gasteiger partial charge is 0.383 e. The standard InChI is InChI=1S/C33H44N4O4/c1-26(38)36-15-9-5-3-4-8-14-35(25-29-13-12-27(22-31(29)36)24-34-16-20-41-21-17-34)33(39)32-23-28-10-6-7-11-30(28)37(32)18-19-40-2/h6-7,10-13,22-23H,3-5,8-9,14-21,24-25H2,1-2H3. The fourth-order valence-corrected chi connectivity index (χ4v) is 6.09. The van der Waals surface area contributed by atoms with Crippen molar-refractivity contribution in [2.24, 2.45) is 0 Å². The number of rotatable bonds is 6. The third kappa shape index (κ3) is 7.18. The number of anilines is 1. The SMILES string of the molecule is COCCn1c(C(=O)N2CCCCCCCN(C(C)=O)c3cc(CN4CCOCC4)ccc3C2)cc2ccccc21. The molecule has 2 aliphatic heterocycles. The quantitative estimate of drug-likeness (QED) is 0.421. The molecular weight excluding hydrogens is 516 g/mol. The minimum Gasteiger partial charge on any atom is -0.383 e. The first kappa shape index (κ1) is 29.3. The van der Waals surface area contributed by atoms with Gasteiger partial charge < -0.3 is 23.8 Å². The number of hydrogen-bond donors (Lipinski definition) is 0. The number of benzene rings is 2. The second-order valence-corrected chi connectivity index (χ2v) is 11.2. The Labute approximate surface area is 243 Å². The van der Waals surface area contributed by atoms with Crippen LogP contribution in [0.3, 0.4) is 0 Å². The predicted molar refractivity (Wildman–Crippen MR) is 162 cm³/mol. The number of carbonyl (C=O) groups excluding carboxylic acids is 2. The second kappa shape index (κ2) is 14.1. The summed E-state index contributed by atoms with van der Waals surface area (Å²) in [6.45, 7) is 8.78. The number of para-hydroxylation sites is 1. The number of morpholine rings is 1. The van der Waals surface area contributed by atoms with Crippen molar-refractivity contribution in [1.82, 2.24) is 14.4 Å². The Balaban J connectivity index is 1.50. The summed E-state index contributed by atoms with van der Waals surface area (Å²) in [5.41, 5.74) is 4.85. The fraction of sp³-hybridized carbons (Fsp3) is 0.515. The molecule has 1 saturated heterocycles. The van der Waals surface area contributed by atoms with Crippen molar-refractivity contribution in [2.45, 2.75) is 58.7 Å². The highest BCUT2D eigenvalue weighted by Crippen LogP contribution is 2.29. The Bertz CT molecular complexity index is 1330. The molecule has 8 nitrogen and oxygen atoms in total. The molecule has 220 valence electrons. The molecule has 2 aromatic carbocycles. The molecule has 41 heavy (non-hydrogen) atoms. The van der Waals surface area contributed by atoms with Crippen LogP contribution in [0.1, 0.15) is 60.6 Å². The molecular formula is C33H44N4O4. The Morgan fingerprint density at radius 3 is 2.44 bits per heavy atom. The van der Waals surface area contributed by atoms with Crippen LogP contribution in [-0.2, 0) is 33.9 Å². The summed E-state index contributed by atoms with van der Waals surface area (Å²) in [6, 6.07) is 16.6. The summed E-state index contributed by atoms with van der Waals surface area (Å²) in [5, 5.41) is 1.05. The van der Waals surface area contributed by atoms with Crippen molar-refractivity contribution in [3.63, 3.8) is 0 Å². The molecule has 0 atom stereocenters. The van der Waals surface area contributed by atoms with Gasteiger partial charge in [-0.15, -0.1) is 0 Å². The Hall–Kier alpha value is -3.20. The van der Waals surface area contributed by atoms with E-state index in [-0.39, 0.29) is 11.8 Å². The van der Waals surface area contributed by atoms with E-state index in [0.717, 1.165) is 87.1 Å². The normalized spacial score (nSPS) is 17.6. The zero-order valence-corrected chi connectivity index (χ0v) is 24.6. The van der Waals surface area contributed by atoms with Crippen LogP contribution in [-0.4, -0.2) is 79.3 Å². The van der Waals surface area contributed by atoms with Gasteiger partial charge in [-0.05, 0) is 42.2 Å². The fourth-order valence-electron chi connectivity index (χ4n) is 6.09. The van der Waals surface area contributed by atoms with Gasteiger partial charge in [0.2, 0.25) is 5.91 Å². The van der Waals surface area contributed by atoms with Gasteiger partial charge in [-0.3, -0.25) is 14.5 Å². The minimum atomic E-state index is 0.0204. The first-order chi connectivity index (χ1) is 20.0. The van der Waals surface area contributed by atoms with Crippen molar-refractivity contribution in [1.29, 1.82) is 0 Å². The monoisotopic (exact) mass is 560 g/mol. The van der Waals surface area contributed by atoms with Crippen molar-refractivity contribution in [2.75, 3.05) is 58.0 Å². The summed E-state index contributed by atoms with van der Waals surface area (Å²) in [4.78, 5) is 33.6. The molecule has 1 aromatic heterocycles. The van der Waals surface area contributed by atoms with Gasteiger partial charge in [-0.2, -0.15) is 0 Å². The van der Waals surface area contributed by atoms with Crippen LogP contribution >= 0.6 is 0 Å². The lowest BCUT2D eigenvalue weighted by molar-refractivity contribution is -0.116. The van der Waals surface area contributed by atoms with Gasteiger partial charge in [0.15, 0.2) is 0 Å². The maximum Gasteiger partial charge on any atom is 0.270 e. The van der Waals surface area contributed by atoms with Gasteiger partial charge in [0.05, 0.1) is 19.8 Å². The van der Waals surface area contributed by atoms with Crippen molar-refractivity contribution in [3.05, 3.63) is 65.4 Å². The zero-order valence-electron chi connectivity index (χ0n) is 24.6. The maximum absolute atomic E-state index is 14.3. The van der Waals surface area contributed by atoms with Gasteiger partial charge >= 0.3 is 0 Å². The van der Waals surface area contributed by atoms with Crippen molar-refractivity contribution >= 4 is 28.4 Å².